The summed E-state index contributed by atoms with van der Waals surface area (Å²) in [7, 11) is 1.55. The molecular formula is C10H14O3. The van der Waals surface area contributed by atoms with E-state index < -0.39 is 0 Å². The lowest BCUT2D eigenvalue weighted by Gasteiger charge is -2.09. The third-order valence-corrected chi connectivity index (χ3v) is 1.94. The molecule has 0 amide bonds. The summed E-state index contributed by atoms with van der Waals surface area (Å²) < 4.78 is 10.1. The Kier molecular flexibility index (Phi) is 3.71. The minimum atomic E-state index is -0.301. The number of carbonyl (C=O) groups is 1. The van der Waals surface area contributed by atoms with E-state index in [0.29, 0.717) is 18.6 Å². The van der Waals surface area contributed by atoms with Gasteiger partial charge in [0.25, 0.3) is 0 Å². The van der Waals surface area contributed by atoms with Crippen LogP contribution in [0.15, 0.2) is 22.8 Å². The molecule has 0 fully saturated rings. The molecule has 0 bridgehead atoms. The van der Waals surface area contributed by atoms with E-state index >= 15 is 0 Å². The van der Waals surface area contributed by atoms with E-state index in [-0.39, 0.29) is 11.9 Å². The van der Waals surface area contributed by atoms with Gasteiger partial charge in [-0.3, -0.25) is 4.79 Å². The van der Waals surface area contributed by atoms with Gasteiger partial charge in [0.05, 0.1) is 12.7 Å². The topological polar surface area (TPSA) is 39.4 Å². The van der Waals surface area contributed by atoms with E-state index in [1.165, 1.54) is 0 Å². The lowest BCUT2D eigenvalue weighted by Crippen LogP contribution is -2.23. The monoisotopic (exact) mass is 182 g/mol. The lowest BCUT2D eigenvalue weighted by molar-refractivity contribution is -0.128. The molecule has 1 heterocycles. The maximum absolute atomic E-state index is 11.5. The second-order valence-corrected chi connectivity index (χ2v) is 2.86. The fraction of sp³-hybridized carbons (Fsp3) is 0.500. The number of rotatable bonds is 5. The highest BCUT2D eigenvalue weighted by Gasteiger charge is 2.16. The van der Waals surface area contributed by atoms with Crippen molar-refractivity contribution in [3.05, 3.63) is 24.2 Å². The molecule has 1 unspecified atom stereocenters. The van der Waals surface area contributed by atoms with Crippen LogP contribution >= 0.6 is 0 Å². The molecule has 0 saturated heterocycles. The summed E-state index contributed by atoms with van der Waals surface area (Å²) in [5.74, 6) is 0.764. The Bertz CT molecular complexity index is 247. The van der Waals surface area contributed by atoms with Crippen molar-refractivity contribution in [1.82, 2.24) is 0 Å². The SMILES string of the molecule is CCC(OC)C(=O)Cc1ccco1. The quantitative estimate of drug-likeness (QED) is 0.697. The standard InChI is InChI=1S/C10H14O3/c1-3-10(12-2)9(11)7-8-5-4-6-13-8/h4-6,10H,3,7H2,1-2H3. The highest BCUT2D eigenvalue weighted by Crippen LogP contribution is 2.06. The Morgan fingerprint density at radius 3 is 2.92 bits per heavy atom. The molecule has 0 aromatic carbocycles. The first kappa shape index (κ1) is 9.99. The molecule has 0 spiro atoms. The van der Waals surface area contributed by atoms with Crippen LogP contribution in [0.2, 0.25) is 0 Å². The molecule has 0 aliphatic heterocycles. The molecule has 3 nitrogen and oxygen atoms in total. The van der Waals surface area contributed by atoms with Gasteiger partial charge >= 0.3 is 0 Å². The van der Waals surface area contributed by atoms with Crippen molar-refractivity contribution in [2.75, 3.05) is 7.11 Å². The molecule has 1 aromatic rings. The van der Waals surface area contributed by atoms with Gasteiger partial charge in [0.2, 0.25) is 0 Å². The number of carbonyl (C=O) groups excluding carboxylic acids is 1. The number of Topliss-reactive ketones (excluding diaryl/α,β-unsaturated/α-hetero) is 1. The van der Waals surface area contributed by atoms with E-state index in [0.717, 1.165) is 0 Å². The molecule has 1 atom stereocenters. The van der Waals surface area contributed by atoms with Crippen molar-refractivity contribution in [3.8, 4) is 0 Å². The smallest absolute Gasteiger partial charge is 0.169 e. The molecule has 3 heteroatoms. The molecule has 1 aromatic heterocycles. The number of furan rings is 1. The van der Waals surface area contributed by atoms with Crippen LogP contribution in [0.5, 0.6) is 0 Å². The predicted octanol–water partition coefficient (Wildman–Crippen LogP) is 1.82. The minimum Gasteiger partial charge on any atom is -0.469 e. The van der Waals surface area contributed by atoms with Gasteiger partial charge in [0.1, 0.15) is 11.9 Å². The molecule has 0 N–H and O–H groups in total. The van der Waals surface area contributed by atoms with Gasteiger partial charge in [-0.1, -0.05) is 6.92 Å². The molecule has 72 valence electrons. The van der Waals surface area contributed by atoms with Crippen molar-refractivity contribution in [1.29, 1.82) is 0 Å². The summed E-state index contributed by atoms with van der Waals surface area (Å²) in [5.41, 5.74) is 0. The first-order valence-electron chi connectivity index (χ1n) is 4.35. The first-order chi connectivity index (χ1) is 6.27. The number of hydrogen-bond acceptors (Lipinski definition) is 3. The van der Waals surface area contributed by atoms with Crippen LogP contribution in [0.4, 0.5) is 0 Å². The van der Waals surface area contributed by atoms with Crippen molar-refractivity contribution >= 4 is 5.78 Å². The summed E-state index contributed by atoms with van der Waals surface area (Å²) in [4.78, 5) is 11.5. The third kappa shape index (κ3) is 2.70. The van der Waals surface area contributed by atoms with E-state index in [1.54, 1.807) is 25.5 Å². The maximum Gasteiger partial charge on any atom is 0.169 e. The van der Waals surface area contributed by atoms with Crippen LogP contribution in [0.25, 0.3) is 0 Å². The zero-order valence-electron chi connectivity index (χ0n) is 7.95. The Morgan fingerprint density at radius 1 is 1.69 bits per heavy atom. The Balaban J connectivity index is 2.49. The zero-order chi connectivity index (χ0) is 9.68. The van der Waals surface area contributed by atoms with Gasteiger partial charge in [-0.25, -0.2) is 0 Å². The van der Waals surface area contributed by atoms with Crippen molar-refractivity contribution < 1.29 is 13.9 Å². The summed E-state index contributed by atoms with van der Waals surface area (Å²) >= 11 is 0. The maximum atomic E-state index is 11.5. The van der Waals surface area contributed by atoms with E-state index in [4.69, 9.17) is 9.15 Å². The summed E-state index contributed by atoms with van der Waals surface area (Å²) in [6.07, 6.45) is 2.29. The summed E-state index contributed by atoms with van der Waals surface area (Å²) in [6, 6.07) is 3.57. The van der Waals surface area contributed by atoms with E-state index in [9.17, 15) is 4.79 Å². The van der Waals surface area contributed by atoms with Gasteiger partial charge in [-0.15, -0.1) is 0 Å². The Hall–Kier alpha value is -1.09. The highest BCUT2D eigenvalue weighted by atomic mass is 16.5. The number of ketones is 1. The first-order valence-corrected chi connectivity index (χ1v) is 4.35. The van der Waals surface area contributed by atoms with E-state index in [2.05, 4.69) is 0 Å². The van der Waals surface area contributed by atoms with Crippen LogP contribution < -0.4 is 0 Å². The largest absolute Gasteiger partial charge is 0.469 e. The predicted molar refractivity (Wildman–Crippen MR) is 48.5 cm³/mol. The van der Waals surface area contributed by atoms with E-state index in [1.807, 2.05) is 6.92 Å². The highest BCUT2D eigenvalue weighted by molar-refractivity contribution is 5.84. The van der Waals surface area contributed by atoms with Crippen molar-refractivity contribution in [3.63, 3.8) is 0 Å². The molecule has 0 radical (unpaired) electrons. The summed E-state index contributed by atoms with van der Waals surface area (Å²) in [6.45, 7) is 1.92. The lowest BCUT2D eigenvalue weighted by atomic mass is 10.1. The van der Waals surface area contributed by atoms with Gasteiger partial charge in [0.15, 0.2) is 5.78 Å². The van der Waals surface area contributed by atoms with Gasteiger partial charge in [-0.2, -0.15) is 0 Å². The van der Waals surface area contributed by atoms with Crippen LogP contribution in [0.3, 0.4) is 0 Å². The van der Waals surface area contributed by atoms with Gasteiger partial charge < -0.3 is 9.15 Å². The van der Waals surface area contributed by atoms with Crippen LogP contribution in [-0.4, -0.2) is 19.0 Å². The second-order valence-electron chi connectivity index (χ2n) is 2.86. The zero-order valence-corrected chi connectivity index (χ0v) is 7.95. The number of hydrogen-bond donors (Lipinski definition) is 0. The number of methoxy groups -OCH3 is 1. The molecule has 0 aliphatic rings. The third-order valence-electron chi connectivity index (χ3n) is 1.94. The van der Waals surface area contributed by atoms with Crippen LogP contribution in [0, 0.1) is 0 Å². The second kappa shape index (κ2) is 4.82. The molecule has 0 aliphatic carbocycles. The average molecular weight is 182 g/mol. The fourth-order valence-electron chi connectivity index (χ4n) is 1.22. The van der Waals surface area contributed by atoms with Gasteiger partial charge in [0, 0.05) is 7.11 Å². The minimum absolute atomic E-state index is 0.0694. The Morgan fingerprint density at radius 2 is 2.46 bits per heavy atom. The molecule has 1 rings (SSSR count). The number of ether oxygens (including phenoxy) is 1. The average Bonchev–Trinajstić information content (AvgIpc) is 2.59. The normalized spacial score (nSPS) is 12.8. The Labute approximate surface area is 77.7 Å². The molecule has 13 heavy (non-hydrogen) atoms. The van der Waals surface area contributed by atoms with Crippen LogP contribution in [0.1, 0.15) is 19.1 Å². The fourth-order valence-corrected chi connectivity index (χ4v) is 1.22. The van der Waals surface area contributed by atoms with Gasteiger partial charge in [-0.05, 0) is 18.6 Å². The molecular weight excluding hydrogens is 168 g/mol. The summed E-state index contributed by atoms with van der Waals surface area (Å²) in [5, 5.41) is 0. The van der Waals surface area contributed by atoms with Crippen molar-refractivity contribution in [2.24, 2.45) is 0 Å². The van der Waals surface area contributed by atoms with Crippen molar-refractivity contribution in [2.45, 2.75) is 25.9 Å². The van der Waals surface area contributed by atoms with Crippen LogP contribution in [-0.2, 0) is 16.0 Å². The molecule has 0 saturated carbocycles.